The summed E-state index contributed by atoms with van der Waals surface area (Å²) < 4.78 is 23.1. The lowest BCUT2D eigenvalue weighted by Gasteiger charge is -2.36. The molecule has 142 valence electrons. The highest BCUT2D eigenvalue weighted by Gasteiger charge is 2.28. The van der Waals surface area contributed by atoms with Gasteiger partial charge in [-0.1, -0.05) is 12.5 Å². The molecular formula is C20H28N2O3S. The monoisotopic (exact) mass is 376 g/mol. The van der Waals surface area contributed by atoms with E-state index in [-0.39, 0.29) is 23.3 Å². The van der Waals surface area contributed by atoms with Gasteiger partial charge in [-0.05, 0) is 61.3 Å². The minimum Gasteiger partial charge on any atom is -0.352 e. The van der Waals surface area contributed by atoms with E-state index in [1.54, 1.807) is 0 Å². The minimum absolute atomic E-state index is 0.0563. The van der Waals surface area contributed by atoms with Crippen LogP contribution in [0.1, 0.15) is 47.2 Å². The Bertz CT molecular complexity index is 786. The van der Waals surface area contributed by atoms with Crippen molar-refractivity contribution in [2.45, 2.75) is 44.6 Å². The molecule has 2 fully saturated rings. The highest BCUT2D eigenvalue weighted by molar-refractivity contribution is 7.91. The average Bonchev–Trinajstić information content (AvgIpc) is 2.79. The van der Waals surface area contributed by atoms with Gasteiger partial charge in [0.1, 0.15) is 0 Å². The normalized spacial score (nSPS) is 25.9. The van der Waals surface area contributed by atoms with Gasteiger partial charge in [-0.2, -0.15) is 0 Å². The van der Waals surface area contributed by atoms with Crippen molar-refractivity contribution in [2.75, 3.05) is 31.1 Å². The fourth-order valence-corrected chi connectivity index (χ4v) is 6.23. The van der Waals surface area contributed by atoms with Crippen LogP contribution in [-0.4, -0.2) is 56.4 Å². The largest absolute Gasteiger partial charge is 0.352 e. The van der Waals surface area contributed by atoms with Crippen molar-refractivity contribution in [1.29, 1.82) is 0 Å². The van der Waals surface area contributed by atoms with Crippen molar-refractivity contribution < 1.29 is 13.2 Å². The number of sulfone groups is 1. The number of hydrogen-bond donors (Lipinski definition) is 1. The van der Waals surface area contributed by atoms with E-state index in [0.29, 0.717) is 18.5 Å². The van der Waals surface area contributed by atoms with E-state index in [1.165, 1.54) is 30.4 Å². The maximum Gasteiger partial charge on any atom is 0.251 e. The van der Waals surface area contributed by atoms with Crippen molar-refractivity contribution in [3.8, 4) is 0 Å². The third-order valence-corrected chi connectivity index (χ3v) is 8.11. The zero-order valence-corrected chi connectivity index (χ0v) is 16.1. The summed E-state index contributed by atoms with van der Waals surface area (Å²) in [5.41, 5.74) is 3.36. The molecule has 0 radical (unpaired) electrons. The Balaban J connectivity index is 1.36. The van der Waals surface area contributed by atoms with Crippen molar-refractivity contribution in [3.05, 3.63) is 34.9 Å². The first-order valence-electron chi connectivity index (χ1n) is 9.85. The molecule has 2 aliphatic heterocycles. The second kappa shape index (κ2) is 7.31. The van der Waals surface area contributed by atoms with Crippen LogP contribution in [0.25, 0.3) is 0 Å². The molecule has 1 aliphatic carbocycles. The van der Waals surface area contributed by atoms with Crippen LogP contribution in [0.4, 0.5) is 0 Å². The average molecular weight is 377 g/mol. The number of nitrogens with zero attached hydrogens (tertiary/aromatic N) is 1. The standard InChI is InChI=1S/C20H28N2O3S/c23-20(21-13-15-8-11-26(24,25)14-15)18-5-4-16-6-9-22(19-2-1-3-19)10-7-17(16)12-18/h4-5,12,15,19H,1-3,6-11,13-14H2,(H,21,23). The minimum atomic E-state index is -2.89. The predicted molar refractivity (Wildman–Crippen MR) is 102 cm³/mol. The number of carbonyl (C=O) groups excluding carboxylic acids is 1. The maximum atomic E-state index is 12.5. The number of hydrogen-bond acceptors (Lipinski definition) is 4. The lowest BCUT2D eigenvalue weighted by Crippen LogP contribution is -2.41. The lowest BCUT2D eigenvalue weighted by molar-refractivity contribution is 0.0948. The van der Waals surface area contributed by atoms with Crippen molar-refractivity contribution >= 4 is 15.7 Å². The van der Waals surface area contributed by atoms with E-state index in [1.807, 2.05) is 12.1 Å². The molecule has 1 saturated carbocycles. The number of fused-ring (bicyclic) bond motifs is 1. The van der Waals surface area contributed by atoms with Gasteiger partial charge in [-0.15, -0.1) is 0 Å². The molecule has 1 N–H and O–H groups in total. The van der Waals surface area contributed by atoms with Crippen molar-refractivity contribution in [3.63, 3.8) is 0 Å². The lowest BCUT2D eigenvalue weighted by atomic mass is 9.91. The molecule has 2 heterocycles. The topological polar surface area (TPSA) is 66.5 Å². The fraction of sp³-hybridized carbons (Fsp3) is 0.650. The van der Waals surface area contributed by atoms with Crippen LogP contribution >= 0.6 is 0 Å². The highest BCUT2D eigenvalue weighted by atomic mass is 32.2. The van der Waals surface area contributed by atoms with Gasteiger partial charge in [-0.25, -0.2) is 8.42 Å². The van der Waals surface area contributed by atoms with Gasteiger partial charge >= 0.3 is 0 Å². The zero-order valence-electron chi connectivity index (χ0n) is 15.2. The van der Waals surface area contributed by atoms with Crippen LogP contribution in [0, 0.1) is 5.92 Å². The molecule has 4 rings (SSSR count). The smallest absolute Gasteiger partial charge is 0.251 e. The second-order valence-electron chi connectivity index (χ2n) is 8.08. The molecule has 1 unspecified atom stereocenters. The van der Waals surface area contributed by atoms with Gasteiger partial charge in [-0.3, -0.25) is 9.69 Å². The molecule has 0 bridgehead atoms. The Morgan fingerprint density at radius 2 is 1.88 bits per heavy atom. The van der Waals surface area contributed by atoms with Crippen molar-refractivity contribution in [2.24, 2.45) is 5.92 Å². The maximum absolute atomic E-state index is 12.5. The summed E-state index contributed by atoms with van der Waals surface area (Å²) in [6, 6.07) is 6.84. The van der Waals surface area contributed by atoms with Crippen LogP contribution in [0.15, 0.2) is 18.2 Å². The van der Waals surface area contributed by atoms with Gasteiger partial charge in [0.15, 0.2) is 9.84 Å². The molecular weight excluding hydrogens is 348 g/mol. The Morgan fingerprint density at radius 3 is 2.54 bits per heavy atom. The number of benzene rings is 1. The van der Waals surface area contributed by atoms with Crippen LogP contribution in [0.5, 0.6) is 0 Å². The molecule has 1 saturated heterocycles. The molecule has 0 spiro atoms. The molecule has 3 aliphatic rings. The van der Waals surface area contributed by atoms with E-state index >= 15 is 0 Å². The van der Waals surface area contributed by atoms with Crippen LogP contribution < -0.4 is 5.32 Å². The first kappa shape index (κ1) is 18.0. The van der Waals surface area contributed by atoms with E-state index in [4.69, 9.17) is 0 Å². The molecule has 26 heavy (non-hydrogen) atoms. The van der Waals surface area contributed by atoms with Gasteiger partial charge in [0.05, 0.1) is 11.5 Å². The predicted octanol–water partition coefficient (Wildman–Crippen LogP) is 1.80. The Morgan fingerprint density at radius 1 is 1.12 bits per heavy atom. The summed E-state index contributed by atoms with van der Waals surface area (Å²) in [5.74, 6) is 0.427. The van der Waals surface area contributed by atoms with E-state index in [0.717, 1.165) is 32.0 Å². The Hall–Kier alpha value is -1.40. The van der Waals surface area contributed by atoms with Gasteiger partial charge in [0, 0.05) is 31.2 Å². The summed E-state index contributed by atoms with van der Waals surface area (Å²) in [4.78, 5) is 15.1. The van der Waals surface area contributed by atoms with Crippen LogP contribution in [0.3, 0.4) is 0 Å². The number of rotatable bonds is 4. The van der Waals surface area contributed by atoms with E-state index in [2.05, 4.69) is 16.3 Å². The van der Waals surface area contributed by atoms with E-state index in [9.17, 15) is 13.2 Å². The zero-order chi connectivity index (χ0) is 18.1. The Labute approximate surface area is 156 Å². The third-order valence-electron chi connectivity index (χ3n) is 6.27. The summed E-state index contributed by atoms with van der Waals surface area (Å²) in [6.07, 6.45) is 6.76. The second-order valence-corrected chi connectivity index (χ2v) is 10.3. The first-order valence-corrected chi connectivity index (χ1v) is 11.7. The van der Waals surface area contributed by atoms with Crippen LogP contribution in [0.2, 0.25) is 0 Å². The van der Waals surface area contributed by atoms with Crippen LogP contribution in [-0.2, 0) is 22.7 Å². The van der Waals surface area contributed by atoms with E-state index < -0.39 is 9.84 Å². The number of amides is 1. The van der Waals surface area contributed by atoms with Gasteiger partial charge in [0.25, 0.3) is 5.91 Å². The molecule has 0 aromatic heterocycles. The third kappa shape index (κ3) is 3.96. The Kier molecular flexibility index (Phi) is 5.06. The SMILES string of the molecule is O=C(NCC1CCS(=O)(=O)C1)c1ccc2c(c1)CCN(C1CCC1)CC2. The molecule has 5 nitrogen and oxygen atoms in total. The number of nitrogens with one attached hydrogen (secondary N) is 1. The fourth-order valence-electron chi connectivity index (χ4n) is 4.37. The molecule has 1 atom stereocenters. The molecule has 1 aromatic rings. The first-order chi connectivity index (χ1) is 12.5. The summed E-state index contributed by atoms with van der Waals surface area (Å²) in [7, 11) is -2.89. The van der Waals surface area contributed by atoms with Gasteiger partial charge < -0.3 is 5.32 Å². The summed E-state index contributed by atoms with van der Waals surface area (Å²) >= 11 is 0. The summed E-state index contributed by atoms with van der Waals surface area (Å²) in [6.45, 7) is 2.66. The molecule has 6 heteroatoms. The van der Waals surface area contributed by atoms with Crippen molar-refractivity contribution in [1.82, 2.24) is 10.2 Å². The molecule has 1 aromatic carbocycles. The number of carbonyl (C=O) groups is 1. The highest BCUT2D eigenvalue weighted by Crippen LogP contribution is 2.27. The molecule has 1 amide bonds. The quantitative estimate of drug-likeness (QED) is 0.870. The van der Waals surface area contributed by atoms with Gasteiger partial charge in [0.2, 0.25) is 0 Å². The summed E-state index contributed by atoms with van der Waals surface area (Å²) in [5, 5.41) is 2.93.